The molecule has 2 rings (SSSR count). The Hall–Kier alpha value is -1.62. The SMILES string of the molecule is CN1CCC(C(COc2ccc(F)cc2)C(=O)O)CC1. The molecule has 1 aromatic rings. The largest absolute Gasteiger partial charge is 0.493 e. The van der Waals surface area contributed by atoms with Gasteiger partial charge in [0.15, 0.2) is 0 Å². The highest BCUT2D eigenvalue weighted by atomic mass is 19.1. The van der Waals surface area contributed by atoms with Gasteiger partial charge in [-0.2, -0.15) is 0 Å². The summed E-state index contributed by atoms with van der Waals surface area (Å²) in [6.07, 6.45) is 1.75. The molecule has 0 saturated carbocycles. The third kappa shape index (κ3) is 3.93. The number of benzene rings is 1. The maximum Gasteiger partial charge on any atom is 0.310 e. The summed E-state index contributed by atoms with van der Waals surface area (Å²) in [7, 11) is 2.04. The monoisotopic (exact) mass is 281 g/mol. The fraction of sp³-hybridized carbons (Fsp3) is 0.533. The van der Waals surface area contributed by atoms with Crippen molar-refractivity contribution in [2.45, 2.75) is 12.8 Å². The third-order valence-electron chi connectivity index (χ3n) is 3.89. The number of halogens is 1. The van der Waals surface area contributed by atoms with E-state index in [9.17, 15) is 14.3 Å². The number of hydrogen-bond donors (Lipinski definition) is 1. The molecule has 0 bridgehead atoms. The minimum absolute atomic E-state index is 0.134. The van der Waals surface area contributed by atoms with Crippen LogP contribution in [0.4, 0.5) is 4.39 Å². The van der Waals surface area contributed by atoms with Crippen molar-refractivity contribution < 1.29 is 19.0 Å². The van der Waals surface area contributed by atoms with E-state index in [1.165, 1.54) is 24.3 Å². The Morgan fingerprint density at radius 1 is 1.40 bits per heavy atom. The molecule has 110 valence electrons. The summed E-state index contributed by atoms with van der Waals surface area (Å²) in [5.41, 5.74) is 0. The summed E-state index contributed by atoms with van der Waals surface area (Å²) in [6, 6.07) is 5.65. The Balaban J connectivity index is 1.92. The molecule has 1 unspecified atom stereocenters. The van der Waals surface area contributed by atoms with E-state index in [2.05, 4.69) is 4.90 Å². The van der Waals surface area contributed by atoms with E-state index in [0.29, 0.717) is 5.75 Å². The zero-order valence-corrected chi connectivity index (χ0v) is 11.6. The summed E-state index contributed by atoms with van der Waals surface area (Å²) in [6.45, 7) is 1.98. The molecule has 1 fully saturated rings. The number of rotatable bonds is 5. The average Bonchev–Trinajstić information content (AvgIpc) is 2.43. The van der Waals surface area contributed by atoms with E-state index < -0.39 is 11.9 Å². The van der Waals surface area contributed by atoms with E-state index in [1.54, 1.807) is 0 Å². The zero-order valence-electron chi connectivity index (χ0n) is 11.6. The Bertz CT molecular complexity index is 441. The van der Waals surface area contributed by atoms with Crippen molar-refractivity contribution in [3.8, 4) is 5.75 Å². The van der Waals surface area contributed by atoms with Crippen LogP contribution < -0.4 is 4.74 Å². The molecule has 1 atom stereocenters. The number of hydrogen-bond acceptors (Lipinski definition) is 3. The number of carboxylic acids is 1. The predicted octanol–water partition coefficient (Wildman–Crippen LogP) is 2.25. The highest BCUT2D eigenvalue weighted by Gasteiger charge is 2.31. The first kappa shape index (κ1) is 14.8. The molecule has 1 N–H and O–H groups in total. The quantitative estimate of drug-likeness (QED) is 0.899. The number of aliphatic carboxylic acids is 1. The van der Waals surface area contributed by atoms with Crippen LogP contribution in [0, 0.1) is 17.7 Å². The second-order valence-electron chi connectivity index (χ2n) is 5.35. The molecule has 0 spiro atoms. The predicted molar refractivity (Wildman–Crippen MR) is 73.2 cm³/mol. The fourth-order valence-electron chi connectivity index (χ4n) is 2.56. The van der Waals surface area contributed by atoms with Crippen LogP contribution in [0.25, 0.3) is 0 Å². The summed E-state index contributed by atoms with van der Waals surface area (Å²) >= 11 is 0. The Kier molecular flexibility index (Phi) is 4.95. The third-order valence-corrected chi connectivity index (χ3v) is 3.89. The molecule has 4 nitrogen and oxygen atoms in total. The van der Waals surface area contributed by atoms with Gasteiger partial charge in [0.1, 0.15) is 18.2 Å². The van der Waals surface area contributed by atoms with E-state index in [4.69, 9.17) is 4.74 Å². The van der Waals surface area contributed by atoms with Crippen LogP contribution in [0.2, 0.25) is 0 Å². The Labute approximate surface area is 118 Å². The first-order valence-electron chi connectivity index (χ1n) is 6.86. The van der Waals surface area contributed by atoms with Gasteiger partial charge < -0.3 is 14.7 Å². The van der Waals surface area contributed by atoms with Gasteiger partial charge >= 0.3 is 5.97 Å². The number of piperidine rings is 1. The topological polar surface area (TPSA) is 49.8 Å². The van der Waals surface area contributed by atoms with Crippen LogP contribution in [-0.4, -0.2) is 42.7 Å². The molecular weight excluding hydrogens is 261 g/mol. The van der Waals surface area contributed by atoms with Crippen LogP contribution >= 0.6 is 0 Å². The van der Waals surface area contributed by atoms with Crippen molar-refractivity contribution in [1.82, 2.24) is 4.90 Å². The number of ether oxygens (including phenoxy) is 1. The molecule has 0 amide bonds. The smallest absolute Gasteiger partial charge is 0.310 e. The normalized spacial score (nSPS) is 18.7. The van der Waals surface area contributed by atoms with Gasteiger partial charge in [-0.25, -0.2) is 4.39 Å². The molecule has 0 aliphatic carbocycles. The van der Waals surface area contributed by atoms with Crippen LogP contribution in [0.5, 0.6) is 5.75 Å². The minimum atomic E-state index is -0.818. The standard InChI is InChI=1S/C15H20FNO3/c1-17-8-6-11(7-9-17)14(15(18)19)10-20-13-4-2-12(16)3-5-13/h2-5,11,14H,6-10H2,1H3,(H,18,19). The number of carbonyl (C=O) groups is 1. The van der Waals surface area contributed by atoms with E-state index in [1.807, 2.05) is 7.05 Å². The molecule has 0 radical (unpaired) electrons. The molecule has 1 aliphatic heterocycles. The number of nitrogens with zero attached hydrogens (tertiary/aromatic N) is 1. The Morgan fingerprint density at radius 3 is 2.55 bits per heavy atom. The molecule has 1 aromatic carbocycles. The van der Waals surface area contributed by atoms with Crippen LogP contribution in [0.1, 0.15) is 12.8 Å². The van der Waals surface area contributed by atoms with Crippen molar-refractivity contribution in [2.75, 3.05) is 26.7 Å². The Morgan fingerprint density at radius 2 is 2.00 bits per heavy atom. The van der Waals surface area contributed by atoms with Crippen molar-refractivity contribution >= 4 is 5.97 Å². The highest BCUT2D eigenvalue weighted by molar-refractivity contribution is 5.70. The second kappa shape index (κ2) is 6.70. The zero-order chi connectivity index (χ0) is 14.5. The molecular formula is C15H20FNO3. The summed E-state index contributed by atoms with van der Waals surface area (Å²) in [5.74, 6) is -1.01. The van der Waals surface area contributed by atoms with Gasteiger partial charge in [-0.15, -0.1) is 0 Å². The van der Waals surface area contributed by atoms with Crippen molar-refractivity contribution in [2.24, 2.45) is 11.8 Å². The lowest BCUT2D eigenvalue weighted by atomic mass is 9.85. The second-order valence-corrected chi connectivity index (χ2v) is 5.35. The minimum Gasteiger partial charge on any atom is -0.493 e. The first-order chi connectivity index (χ1) is 9.56. The van der Waals surface area contributed by atoms with Crippen molar-refractivity contribution in [1.29, 1.82) is 0 Å². The van der Waals surface area contributed by atoms with E-state index in [0.717, 1.165) is 25.9 Å². The van der Waals surface area contributed by atoms with Crippen molar-refractivity contribution in [3.05, 3.63) is 30.1 Å². The van der Waals surface area contributed by atoms with Gasteiger partial charge in [0, 0.05) is 0 Å². The highest BCUT2D eigenvalue weighted by Crippen LogP contribution is 2.26. The van der Waals surface area contributed by atoms with Crippen LogP contribution in [0.3, 0.4) is 0 Å². The van der Waals surface area contributed by atoms with Crippen molar-refractivity contribution in [3.63, 3.8) is 0 Å². The van der Waals surface area contributed by atoms with Gasteiger partial charge in [-0.05, 0) is 63.2 Å². The van der Waals surface area contributed by atoms with Gasteiger partial charge in [0.25, 0.3) is 0 Å². The molecule has 0 aromatic heterocycles. The maximum atomic E-state index is 12.8. The first-order valence-corrected chi connectivity index (χ1v) is 6.86. The molecule has 1 saturated heterocycles. The molecule has 1 aliphatic rings. The molecule has 1 heterocycles. The lowest BCUT2D eigenvalue weighted by Crippen LogP contribution is -2.38. The average molecular weight is 281 g/mol. The lowest BCUT2D eigenvalue weighted by Gasteiger charge is -2.32. The van der Waals surface area contributed by atoms with Gasteiger partial charge in [-0.3, -0.25) is 4.79 Å². The summed E-state index contributed by atoms with van der Waals surface area (Å²) in [4.78, 5) is 13.6. The molecule has 5 heteroatoms. The number of carboxylic acid groups (broad SMARTS) is 1. The summed E-state index contributed by atoms with van der Waals surface area (Å²) in [5, 5.41) is 9.36. The summed E-state index contributed by atoms with van der Waals surface area (Å²) < 4.78 is 18.3. The fourth-order valence-corrected chi connectivity index (χ4v) is 2.56. The van der Waals surface area contributed by atoms with Gasteiger partial charge in [0.05, 0.1) is 5.92 Å². The molecule has 20 heavy (non-hydrogen) atoms. The van der Waals surface area contributed by atoms with E-state index in [-0.39, 0.29) is 18.3 Å². The number of likely N-dealkylation sites (tertiary alicyclic amines) is 1. The maximum absolute atomic E-state index is 12.8. The van der Waals surface area contributed by atoms with Gasteiger partial charge in [-0.1, -0.05) is 0 Å². The van der Waals surface area contributed by atoms with Crippen LogP contribution in [0.15, 0.2) is 24.3 Å². The van der Waals surface area contributed by atoms with Crippen LogP contribution in [-0.2, 0) is 4.79 Å². The lowest BCUT2D eigenvalue weighted by molar-refractivity contribution is -0.145. The van der Waals surface area contributed by atoms with Gasteiger partial charge in [0.2, 0.25) is 0 Å². The van der Waals surface area contributed by atoms with E-state index >= 15 is 0 Å².